The van der Waals surface area contributed by atoms with Gasteiger partial charge in [0.2, 0.25) is 5.91 Å². The summed E-state index contributed by atoms with van der Waals surface area (Å²) in [6.45, 7) is 0. The van der Waals surface area contributed by atoms with Crippen LogP contribution in [-0.4, -0.2) is 16.6 Å². The van der Waals surface area contributed by atoms with Gasteiger partial charge in [0.1, 0.15) is 6.07 Å². The summed E-state index contributed by atoms with van der Waals surface area (Å²) in [5.74, 6) is -0.820. The van der Waals surface area contributed by atoms with Gasteiger partial charge in [-0.1, -0.05) is 11.6 Å². The number of amides is 1. The number of hydrogen-bond acceptors (Lipinski definition) is 5. The van der Waals surface area contributed by atoms with Crippen LogP contribution < -0.4 is 5.32 Å². The molecule has 1 N–H and O–H groups in total. The number of nitriles is 1. The summed E-state index contributed by atoms with van der Waals surface area (Å²) in [5.41, 5.74) is -1.34. The van der Waals surface area contributed by atoms with Crippen molar-refractivity contribution in [1.29, 1.82) is 5.26 Å². The third-order valence-electron chi connectivity index (χ3n) is 3.22. The first-order valence-corrected chi connectivity index (χ1v) is 8.46. The summed E-state index contributed by atoms with van der Waals surface area (Å²) in [5, 5.41) is 22.4. The van der Waals surface area contributed by atoms with Crippen LogP contribution in [0.3, 0.4) is 0 Å². The number of carbonyl (C=O) groups is 1. The van der Waals surface area contributed by atoms with Crippen molar-refractivity contribution < 1.29 is 22.9 Å². The first-order chi connectivity index (χ1) is 12.6. The van der Waals surface area contributed by atoms with Crippen LogP contribution in [0.4, 0.5) is 24.5 Å². The number of thioether (sulfide) groups is 1. The summed E-state index contributed by atoms with van der Waals surface area (Å²) in [7, 11) is 0. The fourth-order valence-corrected chi connectivity index (χ4v) is 3.01. The number of rotatable bonds is 5. The second-order valence-electron chi connectivity index (χ2n) is 5.08. The number of nitro groups is 1. The fourth-order valence-electron chi connectivity index (χ4n) is 1.98. The van der Waals surface area contributed by atoms with Gasteiger partial charge in [-0.25, -0.2) is 0 Å². The topological polar surface area (TPSA) is 96.0 Å². The van der Waals surface area contributed by atoms with Crippen LogP contribution in [-0.2, 0) is 11.0 Å². The quantitative estimate of drug-likeness (QED) is 0.427. The lowest BCUT2D eigenvalue weighted by molar-refractivity contribution is -0.388. The standard InChI is InChI=1S/C16H9ClF3N3O3S/c17-12-6-11(3-1-9(12)7-21)22-15(24)8-27-14-4-2-10(16(18,19)20)5-13(14)23(25)26/h1-6H,8H2,(H,22,24). The Morgan fingerprint density at radius 1 is 1.30 bits per heavy atom. The number of benzene rings is 2. The molecular weight excluding hydrogens is 407 g/mol. The number of carbonyl (C=O) groups excluding carboxylic acids is 1. The number of halogens is 4. The largest absolute Gasteiger partial charge is 0.416 e. The van der Waals surface area contributed by atoms with E-state index in [0.29, 0.717) is 17.8 Å². The van der Waals surface area contributed by atoms with Gasteiger partial charge < -0.3 is 5.32 Å². The molecule has 2 aromatic carbocycles. The lowest BCUT2D eigenvalue weighted by Crippen LogP contribution is -2.14. The predicted molar refractivity (Wildman–Crippen MR) is 93.6 cm³/mol. The Bertz CT molecular complexity index is 945. The van der Waals surface area contributed by atoms with Gasteiger partial charge in [-0.15, -0.1) is 11.8 Å². The number of nitro benzene ring substituents is 1. The van der Waals surface area contributed by atoms with Gasteiger partial charge in [-0.05, 0) is 30.3 Å². The van der Waals surface area contributed by atoms with E-state index in [1.807, 2.05) is 6.07 Å². The van der Waals surface area contributed by atoms with E-state index in [1.54, 1.807) is 0 Å². The van der Waals surface area contributed by atoms with E-state index in [2.05, 4.69) is 5.32 Å². The summed E-state index contributed by atoms with van der Waals surface area (Å²) < 4.78 is 38.0. The van der Waals surface area contributed by atoms with Gasteiger partial charge in [-0.2, -0.15) is 18.4 Å². The molecule has 2 aromatic rings. The van der Waals surface area contributed by atoms with Gasteiger partial charge in [0, 0.05) is 11.8 Å². The molecule has 0 heterocycles. The van der Waals surface area contributed by atoms with Gasteiger partial charge in [-0.3, -0.25) is 14.9 Å². The zero-order valence-electron chi connectivity index (χ0n) is 13.2. The molecule has 0 aliphatic rings. The lowest BCUT2D eigenvalue weighted by Gasteiger charge is -2.09. The molecule has 0 saturated heterocycles. The molecule has 11 heteroatoms. The summed E-state index contributed by atoms with van der Waals surface area (Å²) in [6.07, 6.45) is -4.71. The molecule has 0 aliphatic carbocycles. The monoisotopic (exact) mass is 415 g/mol. The van der Waals surface area contributed by atoms with Crippen molar-refractivity contribution >= 4 is 40.6 Å². The van der Waals surface area contributed by atoms with Crippen molar-refractivity contribution in [2.45, 2.75) is 11.1 Å². The molecule has 1 amide bonds. The van der Waals surface area contributed by atoms with Crippen LogP contribution in [0.15, 0.2) is 41.3 Å². The van der Waals surface area contributed by atoms with Crippen LogP contribution in [0.2, 0.25) is 5.02 Å². The molecule has 0 aliphatic heterocycles. The predicted octanol–water partition coefficient (Wildman–Crippen LogP) is 4.87. The molecule has 0 radical (unpaired) electrons. The zero-order chi connectivity index (χ0) is 20.2. The van der Waals surface area contributed by atoms with Crippen LogP contribution in [0.5, 0.6) is 0 Å². The minimum atomic E-state index is -4.71. The van der Waals surface area contributed by atoms with E-state index in [-0.39, 0.29) is 21.2 Å². The normalized spacial score (nSPS) is 10.9. The van der Waals surface area contributed by atoms with Crippen molar-refractivity contribution in [3.05, 3.63) is 62.7 Å². The highest BCUT2D eigenvalue weighted by Crippen LogP contribution is 2.36. The highest BCUT2D eigenvalue weighted by molar-refractivity contribution is 8.00. The van der Waals surface area contributed by atoms with E-state index >= 15 is 0 Å². The molecular formula is C16H9ClF3N3O3S. The molecule has 0 spiro atoms. The summed E-state index contributed by atoms with van der Waals surface area (Å²) in [6, 6.07) is 8.19. The van der Waals surface area contributed by atoms with E-state index in [1.165, 1.54) is 18.2 Å². The van der Waals surface area contributed by atoms with Crippen molar-refractivity contribution in [3.63, 3.8) is 0 Å². The van der Waals surface area contributed by atoms with Crippen molar-refractivity contribution in [2.75, 3.05) is 11.1 Å². The Hall–Kier alpha value is -2.77. The Labute approximate surface area is 160 Å². The van der Waals surface area contributed by atoms with Crippen LogP contribution in [0.1, 0.15) is 11.1 Å². The van der Waals surface area contributed by atoms with Gasteiger partial charge in [0.25, 0.3) is 5.69 Å². The molecule has 0 fully saturated rings. The molecule has 0 aromatic heterocycles. The van der Waals surface area contributed by atoms with Crippen LogP contribution in [0.25, 0.3) is 0 Å². The average Bonchev–Trinajstić information content (AvgIpc) is 2.59. The molecule has 0 bridgehead atoms. The second-order valence-corrected chi connectivity index (χ2v) is 6.51. The molecule has 140 valence electrons. The summed E-state index contributed by atoms with van der Waals surface area (Å²) >= 11 is 6.57. The smallest absolute Gasteiger partial charge is 0.325 e. The minimum Gasteiger partial charge on any atom is -0.325 e. The van der Waals surface area contributed by atoms with Crippen molar-refractivity contribution in [3.8, 4) is 6.07 Å². The number of nitrogens with zero attached hydrogens (tertiary/aromatic N) is 2. The number of nitrogens with one attached hydrogen (secondary N) is 1. The van der Waals surface area contributed by atoms with E-state index in [0.717, 1.165) is 17.8 Å². The first-order valence-electron chi connectivity index (χ1n) is 7.09. The number of anilines is 1. The Morgan fingerprint density at radius 2 is 2.00 bits per heavy atom. The molecule has 0 atom stereocenters. The zero-order valence-corrected chi connectivity index (χ0v) is 14.8. The average molecular weight is 416 g/mol. The maximum atomic E-state index is 12.7. The first kappa shape index (κ1) is 20.5. The molecule has 2 rings (SSSR count). The lowest BCUT2D eigenvalue weighted by atomic mass is 10.2. The van der Waals surface area contributed by atoms with Crippen molar-refractivity contribution in [2.24, 2.45) is 0 Å². The maximum Gasteiger partial charge on any atom is 0.416 e. The minimum absolute atomic E-state index is 0.0685. The van der Waals surface area contributed by atoms with Gasteiger partial charge in [0.05, 0.1) is 31.7 Å². The number of alkyl halides is 3. The Balaban J connectivity index is 2.09. The second kappa shape index (κ2) is 8.28. The maximum absolute atomic E-state index is 12.7. The molecule has 6 nitrogen and oxygen atoms in total. The number of hydrogen-bond donors (Lipinski definition) is 1. The highest BCUT2D eigenvalue weighted by Gasteiger charge is 2.33. The molecule has 0 saturated carbocycles. The highest BCUT2D eigenvalue weighted by atomic mass is 35.5. The molecule has 0 unspecified atom stereocenters. The fraction of sp³-hybridized carbons (Fsp3) is 0.125. The van der Waals surface area contributed by atoms with Crippen LogP contribution >= 0.6 is 23.4 Å². The van der Waals surface area contributed by atoms with Crippen molar-refractivity contribution in [1.82, 2.24) is 0 Å². The van der Waals surface area contributed by atoms with E-state index in [4.69, 9.17) is 16.9 Å². The van der Waals surface area contributed by atoms with Crippen LogP contribution in [0, 0.1) is 21.4 Å². The SMILES string of the molecule is N#Cc1ccc(NC(=O)CSc2ccc(C(F)(F)F)cc2[N+](=O)[O-])cc1Cl. The van der Waals surface area contributed by atoms with Gasteiger partial charge >= 0.3 is 6.18 Å². The summed E-state index contributed by atoms with van der Waals surface area (Å²) in [4.78, 5) is 22.0. The van der Waals surface area contributed by atoms with E-state index in [9.17, 15) is 28.1 Å². The van der Waals surface area contributed by atoms with Gasteiger partial charge in [0.15, 0.2) is 0 Å². The van der Waals surface area contributed by atoms with E-state index < -0.39 is 28.3 Å². The Kier molecular flexibility index (Phi) is 6.30. The third kappa shape index (κ3) is 5.35. The molecule has 27 heavy (non-hydrogen) atoms. The third-order valence-corrected chi connectivity index (χ3v) is 4.59. The Morgan fingerprint density at radius 3 is 2.56 bits per heavy atom.